The summed E-state index contributed by atoms with van der Waals surface area (Å²) in [5.74, 6) is -1.51. The van der Waals surface area contributed by atoms with Crippen molar-refractivity contribution in [2.24, 2.45) is 5.41 Å². The minimum absolute atomic E-state index is 0.0813. The van der Waals surface area contributed by atoms with E-state index in [4.69, 9.17) is 0 Å². The molecule has 1 aliphatic carbocycles. The molecule has 2 aliphatic rings. The van der Waals surface area contributed by atoms with Crippen molar-refractivity contribution in [3.8, 4) is 0 Å². The Balaban J connectivity index is 1.90. The van der Waals surface area contributed by atoms with Crippen LogP contribution in [0.15, 0.2) is 29.2 Å². The zero-order chi connectivity index (χ0) is 16.9. The third kappa shape index (κ3) is 2.52. The number of alkyl halides is 3. The first-order valence-electron chi connectivity index (χ1n) is 7.37. The molecule has 0 saturated heterocycles. The molecule has 1 aromatic rings. The SMILES string of the molecule is O=C(NC1CS(=O)(=O)c2ccccc21)C1(C(F)(F)F)CCCC1. The molecule has 0 bridgehead atoms. The van der Waals surface area contributed by atoms with Gasteiger partial charge in [0.2, 0.25) is 5.91 Å². The number of rotatable bonds is 2. The summed E-state index contributed by atoms with van der Waals surface area (Å²) in [5, 5.41) is 2.34. The second kappa shape index (κ2) is 5.22. The van der Waals surface area contributed by atoms with Crippen molar-refractivity contribution in [2.75, 3.05) is 5.75 Å². The van der Waals surface area contributed by atoms with Crippen LogP contribution in [0, 0.1) is 5.41 Å². The van der Waals surface area contributed by atoms with Crippen LogP contribution < -0.4 is 5.32 Å². The molecule has 0 radical (unpaired) electrons. The van der Waals surface area contributed by atoms with Gasteiger partial charge < -0.3 is 5.32 Å². The fourth-order valence-electron chi connectivity index (χ4n) is 3.48. The Morgan fingerprint density at radius 2 is 1.78 bits per heavy atom. The van der Waals surface area contributed by atoms with Gasteiger partial charge in [0.05, 0.1) is 16.7 Å². The van der Waals surface area contributed by atoms with Crippen LogP contribution in [0.1, 0.15) is 37.3 Å². The Bertz CT molecular complexity index is 737. The molecule has 0 aromatic heterocycles. The van der Waals surface area contributed by atoms with Gasteiger partial charge in [-0.2, -0.15) is 13.2 Å². The van der Waals surface area contributed by atoms with Gasteiger partial charge in [-0.1, -0.05) is 31.0 Å². The van der Waals surface area contributed by atoms with E-state index >= 15 is 0 Å². The highest BCUT2D eigenvalue weighted by Crippen LogP contribution is 2.51. The summed E-state index contributed by atoms with van der Waals surface area (Å²) in [6.45, 7) is 0. The zero-order valence-electron chi connectivity index (χ0n) is 12.2. The van der Waals surface area contributed by atoms with E-state index in [0.717, 1.165) is 0 Å². The first-order valence-corrected chi connectivity index (χ1v) is 9.02. The molecule has 8 heteroatoms. The van der Waals surface area contributed by atoms with E-state index in [2.05, 4.69) is 5.32 Å². The topological polar surface area (TPSA) is 63.2 Å². The molecule has 1 saturated carbocycles. The van der Waals surface area contributed by atoms with Crippen LogP contribution in [0.25, 0.3) is 0 Å². The summed E-state index contributed by atoms with van der Waals surface area (Å²) in [4.78, 5) is 12.4. The highest BCUT2D eigenvalue weighted by Gasteiger charge is 2.61. The summed E-state index contributed by atoms with van der Waals surface area (Å²) in [7, 11) is -3.58. The van der Waals surface area contributed by atoms with Gasteiger partial charge in [-0.15, -0.1) is 0 Å². The van der Waals surface area contributed by atoms with Crippen molar-refractivity contribution in [1.29, 1.82) is 0 Å². The molecule has 0 spiro atoms. The van der Waals surface area contributed by atoms with Crippen LogP contribution in [0.5, 0.6) is 0 Å². The Morgan fingerprint density at radius 3 is 2.39 bits per heavy atom. The fourth-order valence-corrected chi connectivity index (χ4v) is 5.22. The number of fused-ring (bicyclic) bond motifs is 1. The highest BCUT2D eigenvalue weighted by atomic mass is 32.2. The quantitative estimate of drug-likeness (QED) is 0.895. The summed E-state index contributed by atoms with van der Waals surface area (Å²) in [6, 6.07) is 5.16. The third-order valence-corrected chi connectivity index (χ3v) is 6.57. The number of benzene rings is 1. The number of sulfone groups is 1. The molecule has 1 heterocycles. The van der Waals surface area contributed by atoms with Crippen LogP contribution in [0.2, 0.25) is 0 Å². The Morgan fingerprint density at radius 1 is 1.17 bits per heavy atom. The standard InChI is InChI=1S/C15H16F3NO3S/c16-15(17,18)14(7-3-4-8-14)13(20)19-11-9-23(21,22)12-6-2-1-5-10(11)12/h1-2,5-6,11H,3-4,7-9H2,(H,19,20). The van der Waals surface area contributed by atoms with Gasteiger partial charge in [0.1, 0.15) is 5.41 Å². The second-order valence-electron chi connectivity index (χ2n) is 6.13. The number of carbonyl (C=O) groups excluding carboxylic acids is 1. The molecule has 3 rings (SSSR count). The largest absolute Gasteiger partial charge is 0.403 e. The highest BCUT2D eigenvalue weighted by molar-refractivity contribution is 7.91. The molecular weight excluding hydrogens is 331 g/mol. The summed E-state index contributed by atoms with van der Waals surface area (Å²) in [6.07, 6.45) is -4.45. The van der Waals surface area contributed by atoms with Crippen LogP contribution in [0.4, 0.5) is 13.2 Å². The third-order valence-electron chi connectivity index (χ3n) is 4.76. The molecule has 1 fully saturated rings. The lowest BCUT2D eigenvalue weighted by atomic mass is 9.84. The van der Waals surface area contributed by atoms with Crippen molar-refractivity contribution in [3.05, 3.63) is 29.8 Å². The smallest absolute Gasteiger partial charge is 0.347 e. The molecule has 1 atom stereocenters. The van der Waals surface area contributed by atoms with Gasteiger partial charge in [0, 0.05) is 0 Å². The number of nitrogens with one attached hydrogen (secondary N) is 1. The average molecular weight is 347 g/mol. The number of carbonyl (C=O) groups is 1. The number of amides is 1. The van der Waals surface area contributed by atoms with Crippen molar-refractivity contribution in [1.82, 2.24) is 5.32 Å². The molecule has 23 heavy (non-hydrogen) atoms. The minimum atomic E-state index is -4.63. The maximum absolute atomic E-state index is 13.4. The number of hydrogen-bond donors (Lipinski definition) is 1. The minimum Gasteiger partial charge on any atom is -0.347 e. The summed E-state index contributed by atoms with van der Waals surface area (Å²) < 4.78 is 64.4. The van der Waals surface area contributed by atoms with E-state index in [1.807, 2.05) is 0 Å². The van der Waals surface area contributed by atoms with Crippen LogP contribution in [-0.4, -0.2) is 26.3 Å². The van der Waals surface area contributed by atoms with Crippen molar-refractivity contribution >= 4 is 15.7 Å². The molecule has 1 amide bonds. The second-order valence-corrected chi connectivity index (χ2v) is 8.13. The van der Waals surface area contributed by atoms with Crippen molar-refractivity contribution in [3.63, 3.8) is 0 Å². The zero-order valence-corrected chi connectivity index (χ0v) is 13.0. The Hall–Kier alpha value is -1.57. The maximum atomic E-state index is 13.4. The molecule has 126 valence electrons. The van der Waals surface area contributed by atoms with Gasteiger partial charge in [-0.3, -0.25) is 4.79 Å². The van der Waals surface area contributed by atoms with Gasteiger partial charge >= 0.3 is 6.18 Å². The van der Waals surface area contributed by atoms with E-state index in [-0.39, 0.29) is 17.7 Å². The van der Waals surface area contributed by atoms with Gasteiger partial charge in [0.15, 0.2) is 9.84 Å². The lowest BCUT2D eigenvalue weighted by Gasteiger charge is -2.31. The van der Waals surface area contributed by atoms with Crippen molar-refractivity contribution < 1.29 is 26.4 Å². The predicted molar refractivity (Wildman–Crippen MR) is 76.3 cm³/mol. The van der Waals surface area contributed by atoms with Crippen molar-refractivity contribution in [2.45, 2.75) is 42.8 Å². The molecule has 1 unspecified atom stereocenters. The van der Waals surface area contributed by atoms with Gasteiger partial charge in [-0.25, -0.2) is 8.42 Å². The molecular formula is C15H16F3NO3S. The first-order chi connectivity index (χ1) is 10.7. The van der Waals surface area contributed by atoms with Crippen LogP contribution >= 0.6 is 0 Å². The fraction of sp³-hybridized carbons (Fsp3) is 0.533. The van der Waals surface area contributed by atoms with Gasteiger partial charge in [0.25, 0.3) is 0 Å². The summed E-state index contributed by atoms with van der Waals surface area (Å²) in [5.41, 5.74) is -2.04. The maximum Gasteiger partial charge on any atom is 0.403 e. The molecule has 1 N–H and O–H groups in total. The van der Waals surface area contributed by atoms with E-state index in [0.29, 0.717) is 18.4 Å². The Labute approximate surface area is 132 Å². The Kier molecular flexibility index (Phi) is 3.70. The monoisotopic (exact) mass is 347 g/mol. The molecule has 1 aromatic carbocycles. The lowest BCUT2D eigenvalue weighted by Crippen LogP contribution is -2.50. The summed E-state index contributed by atoms with van der Waals surface area (Å²) >= 11 is 0. The van der Waals surface area contributed by atoms with E-state index in [9.17, 15) is 26.4 Å². The van der Waals surface area contributed by atoms with Crippen LogP contribution in [0.3, 0.4) is 0 Å². The van der Waals surface area contributed by atoms with E-state index in [1.165, 1.54) is 12.1 Å². The first kappa shape index (κ1) is 16.3. The van der Waals surface area contributed by atoms with Gasteiger partial charge in [-0.05, 0) is 24.5 Å². The predicted octanol–water partition coefficient (Wildman–Crippen LogP) is 2.75. The molecule has 1 aliphatic heterocycles. The molecule has 4 nitrogen and oxygen atoms in total. The van der Waals surface area contributed by atoms with E-state index < -0.39 is 39.1 Å². The number of hydrogen-bond acceptors (Lipinski definition) is 3. The average Bonchev–Trinajstić information content (AvgIpc) is 3.04. The number of halogens is 3. The van der Waals surface area contributed by atoms with Crippen LogP contribution in [-0.2, 0) is 14.6 Å². The lowest BCUT2D eigenvalue weighted by molar-refractivity contribution is -0.220. The normalized spacial score (nSPS) is 25.1. The van der Waals surface area contributed by atoms with E-state index in [1.54, 1.807) is 12.1 Å².